The molecule has 0 aliphatic carbocycles. The molecule has 0 fully saturated rings. The molecule has 1 atom stereocenters. The molecule has 42 heavy (non-hydrogen) atoms. The van der Waals surface area contributed by atoms with Gasteiger partial charge in [-0.3, -0.25) is 14.4 Å². The fourth-order valence-corrected chi connectivity index (χ4v) is 5.73. The Morgan fingerprint density at radius 2 is 0.952 bits per heavy atom. The van der Waals surface area contributed by atoms with Gasteiger partial charge in [0.25, 0.3) is 0 Å². The fraction of sp³-hybridized carbons (Fsp3) is 0.914. The molecule has 0 aromatic heterocycles. The zero-order chi connectivity index (χ0) is 30.9. The first-order valence-electron chi connectivity index (χ1n) is 17.6. The number of thioether (sulfide) groups is 1. The number of unbranched alkanes of at least 4 members (excludes halogenated alkanes) is 22. The predicted molar refractivity (Wildman–Crippen MR) is 177 cm³/mol. The summed E-state index contributed by atoms with van der Waals surface area (Å²) in [6, 6.07) is 0. The number of aliphatic hydroxyl groups excluding tert-OH is 1. The van der Waals surface area contributed by atoms with Gasteiger partial charge in [-0.1, -0.05) is 154 Å². The first kappa shape index (κ1) is 40.9. The Labute approximate surface area is 263 Å². The van der Waals surface area contributed by atoms with Gasteiger partial charge in [0.2, 0.25) is 0 Å². The van der Waals surface area contributed by atoms with E-state index >= 15 is 0 Å². The normalized spacial score (nSPS) is 11.9. The average Bonchev–Trinajstić information content (AvgIpc) is 2.97. The molecule has 0 rings (SSSR count). The number of esters is 2. The molecule has 0 radical (unpaired) electrons. The van der Waals surface area contributed by atoms with E-state index in [9.17, 15) is 19.5 Å². The number of hydrogen-bond donors (Lipinski definition) is 1. The Kier molecular flexibility index (Phi) is 32.0. The minimum atomic E-state index is -0.774. The van der Waals surface area contributed by atoms with Crippen LogP contribution >= 0.6 is 11.8 Å². The van der Waals surface area contributed by atoms with Crippen molar-refractivity contribution in [3.05, 3.63) is 0 Å². The second-order valence-corrected chi connectivity index (χ2v) is 13.2. The summed E-state index contributed by atoms with van der Waals surface area (Å²) in [6.45, 7) is 3.48. The standard InChI is InChI=1S/C35H66O6S/c1-3-4-5-6-7-8-9-12-16-19-22-25-28-35(39)41-33(30-36)31-40-34(38)27-24-21-18-15-13-10-11-14-17-20-23-26-29-42-32(2)37/h33,36H,3-31H2,1-2H3/t33-/m0/s1. The van der Waals surface area contributed by atoms with Gasteiger partial charge in [0.15, 0.2) is 11.2 Å². The van der Waals surface area contributed by atoms with Crippen molar-refractivity contribution in [3.8, 4) is 0 Å². The summed E-state index contributed by atoms with van der Waals surface area (Å²) in [6.07, 6.45) is 29.1. The van der Waals surface area contributed by atoms with Crippen molar-refractivity contribution in [2.45, 2.75) is 187 Å². The summed E-state index contributed by atoms with van der Waals surface area (Å²) in [5.74, 6) is 0.355. The van der Waals surface area contributed by atoms with E-state index in [1.807, 2.05) is 0 Å². The molecule has 7 heteroatoms. The average molecular weight is 615 g/mol. The molecule has 0 saturated carbocycles. The van der Waals surface area contributed by atoms with Crippen molar-refractivity contribution in [1.82, 2.24) is 0 Å². The number of aliphatic hydroxyl groups is 1. The van der Waals surface area contributed by atoms with Crippen molar-refractivity contribution in [2.24, 2.45) is 0 Å². The van der Waals surface area contributed by atoms with Gasteiger partial charge >= 0.3 is 11.9 Å². The minimum Gasteiger partial charge on any atom is -0.462 e. The maximum absolute atomic E-state index is 12.1. The molecular weight excluding hydrogens is 548 g/mol. The van der Waals surface area contributed by atoms with Crippen LogP contribution in [0, 0.1) is 0 Å². The van der Waals surface area contributed by atoms with Gasteiger partial charge in [0.05, 0.1) is 6.61 Å². The van der Waals surface area contributed by atoms with E-state index in [0.717, 1.165) is 50.7 Å². The third-order valence-corrected chi connectivity index (χ3v) is 8.65. The van der Waals surface area contributed by atoms with E-state index in [-0.39, 0.29) is 30.3 Å². The minimum absolute atomic E-state index is 0.0725. The molecule has 0 spiro atoms. The zero-order valence-electron chi connectivity index (χ0n) is 27.5. The lowest BCUT2D eigenvalue weighted by atomic mass is 10.0. The molecule has 0 amide bonds. The van der Waals surface area contributed by atoms with Gasteiger partial charge in [-0.25, -0.2) is 0 Å². The Hall–Kier alpha value is -1.08. The summed E-state index contributed by atoms with van der Waals surface area (Å²) in [5.41, 5.74) is 0. The second kappa shape index (κ2) is 32.8. The monoisotopic (exact) mass is 614 g/mol. The lowest BCUT2D eigenvalue weighted by Gasteiger charge is -2.15. The first-order chi connectivity index (χ1) is 20.5. The molecule has 248 valence electrons. The van der Waals surface area contributed by atoms with Gasteiger partial charge in [-0.15, -0.1) is 0 Å². The molecule has 0 bridgehead atoms. The summed E-state index contributed by atoms with van der Waals surface area (Å²) < 4.78 is 10.6. The molecule has 0 unspecified atom stereocenters. The van der Waals surface area contributed by atoms with Crippen molar-refractivity contribution in [1.29, 1.82) is 0 Å². The van der Waals surface area contributed by atoms with E-state index in [1.54, 1.807) is 6.92 Å². The predicted octanol–water partition coefficient (Wildman–Crippen LogP) is 9.88. The SMILES string of the molecule is CCCCCCCCCCCCCCC(=O)O[C@@H](CO)COC(=O)CCCCCCCCCCCCCCSC(C)=O. The number of carbonyl (C=O) groups excluding carboxylic acids is 3. The van der Waals surface area contributed by atoms with Crippen LogP contribution in [0.5, 0.6) is 0 Å². The summed E-state index contributed by atoms with van der Waals surface area (Å²) in [5, 5.41) is 9.73. The zero-order valence-corrected chi connectivity index (χ0v) is 28.3. The van der Waals surface area contributed by atoms with Crippen LogP contribution in [0.2, 0.25) is 0 Å². The summed E-state index contributed by atoms with van der Waals surface area (Å²) >= 11 is 1.44. The van der Waals surface area contributed by atoms with Gasteiger partial charge in [-0.2, -0.15) is 0 Å². The van der Waals surface area contributed by atoms with Crippen LogP contribution in [0.4, 0.5) is 0 Å². The first-order valence-corrected chi connectivity index (χ1v) is 18.6. The highest BCUT2D eigenvalue weighted by Gasteiger charge is 2.16. The van der Waals surface area contributed by atoms with Crippen LogP contribution in [0.3, 0.4) is 0 Å². The highest BCUT2D eigenvalue weighted by atomic mass is 32.2. The Morgan fingerprint density at radius 1 is 0.571 bits per heavy atom. The Bertz CT molecular complexity index is 627. The van der Waals surface area contributed by atoms with Crippen LogP contribution in [0.15, 0.2) is 0 Å². The van der Waals surface area contributed by atoms with Crippen molar-refractivity contribution in [2.75, 3.05) is 19.0 Å². The van der Waals surface area contributed by atoms with Crippen molar-refractivity contribution in [3.63, 3.8) is 0 Å². The van der Waals surface area contributed by atoms with E-state index in [1.165, 1.54) is 121 Å². The van der Waals surface area contributed by atoms with Crippen molar-refractivity contribution < 1.29 is 29.0 Å². The van der Waals surface area contributed by atoms with Crippen LogP contribution in [0.25, 0.3) is 0 Å². The maximum Gasteiger partial charge on any atom is 0.306 e. The molecular formula is C35H66O6S. The lowest BCUT2D eigenvalue weighted by Crippen LogP contribution is -2.28. The molecule has 0 aromatic carbocycles. The van der Waals surface area contributed by atoms with E-state index < -0.39 is 6.10 Å². The molecule has 1 N–H and O–H groups in total. The number of carbonyl (C=O) groups is 3. The Balaban J connectivity index is 3.51. The summed E-state index contributed by atoms with van der Waals surface area (Å²) in [4.78, 5) is 35.0. The van der Waals surface area contributed by atoms with Gasteiger partial charge < -0.3 is 14.6 Å². The second-order valence-electron chi connectivity index (χ2n) is 11.9. The molecule has 0 aliphatic heterocycles. The molecule has 0 aromatic rings. The van der Waals surface area contributed by atoms with E-state index in [0.29, 0.717) is 12.8 Å². The van der Waals surface area contributed by atoms with Crippen LogP contribution < -0.4 is 0 Å². The fourth-order valence-electron chi connectivity index (χ4n) is 5.09. The van der Waals surface area contributed by atoms with Crippen molar-refractivity contribution >= 4 is 28.8 Å². The lowest BCUT2D eigenvalue weighted by molar-refractivity contribution is -0.161. The number of rotatable bonds is 32. The maximum atomic E-state index is 12.1. The highest BCUT2D eigenvalue weighted by molar-refractivity contribution is 8.13. The van der Waals surface area contributed by atoms with Gasteiger partial charge in [0.1, 0.15) is 6.61 Å². The van der Waals surface area contributed by atoms with Gasteiger partial charge in [0, 0.05) is 25.5 Å². The van der Waals surface area contributed by atoms with Crippen LogP contribution in [-0.2, 0) is 23.9 Å². The number of hydrogen-bond acceptors (Lipinski definition) is 7. The van der Waals surface area contributed by atoms with E-state index in [2.05, 4.69) is 6.92 Å². The summed E-state index contributed by atoms with van der Waals surface area (Å²) in [7, 11) is 0. The van der Waals surface area contributed by atoms with Gasteiger partial charge in [-0.05, 0) is 19.3 Å². The molecule has 0 heterocycles. The third kappa shape index (κ3) is 31.8. The highest BCUT2D eigenvalue weighted by Crippen LogP contribution is 2.15. The van der Waals surface area contributed by atoms with Crippen LogP contribution in [0.1, 0.15) is 181 Å². The molecule has 0 aliphatic rings. The number of ether oxygens (including phenoxy) is 2. The topological polar surface area (TPSA) is 89.9 Å². The smallest absolute Gasteiger partial charge is 0.306 e. The van der Waals surface area contributed by atoms with E-state index in [4.69, 9.17) is 9.47 Å². The quantitative estimate of drug-likeness (QED) is 0.0596. The molecule has 0 saturated heterocycles. The molecule has 6 nitrogen and oxygen atoms in total. The Morgan fingerprint density at radius 3 is 1.36 bits per heavy atom. The third-order valence-electron chi connectivity index (χ3n) is 7.75. The largest absolute Gasteiger partial charge is 0.462 e. The van der Waals surface area contributed by atoms with Crippen LogP contribution in [-0.4, -0.2) is 47.2 Å².